The Morgan fingerprint density at radius 3 is 2.55 bits per heavy atom. The summed E-state index contributed by atoms with van der Waals surface area (Å²) in [5, 5.41) is 4.61. The molecular formula is C30H20F3N3O4. The largest absolute Gasteiger partial charge is 0.489 e. The van der Waals surface area contributed by atoms with Crippen LogP contribution in [0.4, 0.5) is 13.2 Å². The Morgan fingerprint density at radius 1 is 0.925 bits per heavy atom. The number of hydrogen-bond acceptors (Lipinski definition) is 6. The lowest BCUT2D eigenvalue weighted by atomic mass is 10.1. The van der Waals surface area contributed by atoms with E-state index in [4.69, 9.17) is 14.2 Å². The molecule has 1 aliphatic heterocycles. The van der Waals surface area contributed by atoms with E-state index in [1.807, 2.05) is 18.2 Å². The van der Waals surface area contributed by atoms with Gasteiger partial charge in [0, 0.05) is 5.56 Å². The third-order valence-corrected chi connectivity index (χ3v) is 6.25. The molecule has 0 atom stereocenters. The highest BCUT2D eigenvalue weighted by molar-refractivity contribution is 5.82. The second-order valence-electron chi connectivity index (χ2n) is 8.94. The molecule has 5 aromatic rings. The van der Waals surface area contributed by atoms with E-state index in [2.05, 4.69) is 10.1 Å². The molecule has 40 heavy (non-hydrogen) atoms. The van der Waals surface area contributed by atoms with Gasteiger partial charge in [-0.2, -0.15) is 22.9 Å². The summed E-state index contributed by atoms with van der Waals surface area (Å²) in [6.45, 7) is 0.522. The van der Waals surface area contributed by atoms with Gasteiger partial charge in [-0.25, -0.2) is 4.98 Å². The maximum absolute atomic E-state index is 13.4. The van der Waals surface area contributed by atoms with Gasteiger partial charge < -0.3 is 14.2 Å². The Bertz CT molecular complexity index is 1800. The molecule has 6 rings (SSSR count). The number of alkyl halides is 3. The Morgan fingerprint density at radius 2 is 1.73 bits per heavy atom. The number of aromatic nitrogens is 2. The minimum Gasteiger partial charge on any atom is -0.489 e. The molecule has 10 heteroatoms. The number of para-hydroxylation sites is 1. The monoisotopic (exact) mass is 543 g/mol. The summed E-state index contributed by atoms with van der Waals surface area (Å²) in [4.78, 5) is 17.8. The van der Waals surface area contributed by atoms with Gasteiger partial charge >= 0.3 is 6.18 Å². The standard InChI is InChI=1S/C30H20F3N3O4/c31-30(32,33)22-5-3-4-21(15-22)28-35-25-7-2-1-6-24(25)29(37)36(28)34-16-19-8-11-23(12-9-19)38-17-20-10-13-26-27(14-20)40-18-39-26/h1-16H,17-18H2. The van der Waals surface area contributed by atoms with E-state index in [1.54, 1.807) is 48.5 Å². The van der Waals surface area contributed by atoms with Crippen molar-refractivity contribution >= 4 is 17.1 Å². The average Bonchev–Trinajstić information content (AvgIpc) is 3.44. The number of nitrogens with zero attached hydrogens (tertiary/aromatic N) is 3. The van der Waals surface area contributed by atoms with Crippen molar-refractivity contribution in [2.24, 2.45) is 5.10 Å². The smallest absolute Gasteiger partial charge is 0.416 e. The second-order valence-corrected chi connectivity index (χ2v) is 8.94. The summed E-state index contributed by atoms with van der Waals surface area (Å²) in [6.07, 6.45) is -3.11. The first kappa shape index (κ1) is 25.2. The number of benzene rings is 4. The molecule has 0 saturated carbocycles. The van der Waals surface area contributed by atoms with Gasteiger partial charge in [0.1, 0.15) is 12.4 Å². The van der Waals surface area contributed by atoms with Crippen molar-refractivity contribution in [3.8, 4) is 28.6 Å². The Labute approximate surface area is 225 Å². The van der Waals surface area contributed by atoms with Crippen LogP contribution < -0.4 is 19.8 Å². The maximum Gasteiger partial charge on any atom is 0.416 e. The van der Waals surface area contributed by atoms with Crippen molar-refractivity contribution in [1.82, 2.24) is 9.66 Å². The highest BCUT2D eigenvalue weighted by atomic mass is 19.4. The van der Waals surface area contributed by atoms with E-state index >= 15 is 0 Å². The first-order chi connectivity index (χ1) is 19.3. The molecule has 0 aliphatic carbocycles. The van der Waals surface area contributed by atoms with Crippen LogP contribution in [0.3, 0.4) is 0 Å². The third-order valence-electron chi connectivity index (χ3n) is 6.25. The van der Waals surface area contributed by atoms with E-state index in [9.17, 15) is 18.0 Å². The predicted octanol–water partition coefficient (Wildman–Crippen LogP) is 6.27. The normalized spacial score (nSPS) is 12.8. The zero-order valence-corrected chi connectivity index (χ0v) is 20.8. The molecule has 200 valence electrons. The van der Waals surface area contributed by atoms with Crippen molar-refractivity contribution in [3.05, 3.63) is 118 Å². The molecule has 0 N–H and O–H groups in total. The number of fused-ring (bicyclic) bond motifs is 2. The molecule has 1 aromatic heterocycles. The Balaban J connectivity index is 1.28. The Kier molecular flexibility index (Phi) is 6.43. The fourth-order valence-electron chi connectivity index (χ4n) is 4.22. The van der Waals surface area contributed by atoms with Gasteiger partial charge in [0.05, 0.1) is 22.7 Å². The van der Waals surface area contributed by atoms with Crippen LogP contribution in [0.25, 0.3) is 22.3 Å². The highest BCUT2D eigenvalue weighted by Crippen LogP contribution is 2.33. The minimum atomic E-state index is -4.55. The minimum absolute atomic E-state index is 0.00488. The second kappa shape index (κ2) is 10.2. The van der Waals surface area contributed by atoms with Gasteiger partial charge in [0.15, 0.2) is 17.3 Å². The molecule has 2 heterocycles. The molecule has 0 fully saturated rings. The first-order valence-corrected chi connectivity index (χ1v) is 12.2. The van der Waals surface area contributed by atoms with Gasteiger partial charge in [0.25, 0.3) is 5.56 Å². The molecule has 0 spiro atoms. The van der Waals surface area contributed by atoms with Crippen LogP contribution in [0.5, 0.6) is 17.2 Å². The summed E-state index contributed by atoms with van der Waals surface area (Å²) < 4.78 is 57.7. The molecular weight excluding hydrogens is 523 g/mol. The Hall–Kier alpha value is -5.12. The molecule has 0 saturated heterocycles. The van der Waals surface area contributed by atoms with E-state index in [-0.39, 0.29) is 18.2 Å². The lowest BCUT2D eigenvalue weighted by Gasteiger charge is -2.12. The lowest BCUT2D eigenvalue weighted by Crippen LogP contribution is -2.20. The van der Waals surface area contributed by atoms with Gasteiger partial charge in [-0.1, -0.05) is 30.3 Å². The summed E-state index contributed by atoms with van der Waals surface area (Å²) in [6, 6.07) is 23.9. The van der Waals surface area contributed by atoms with Crippen molar-refractivity contribution < 1.29 is 27.4 Å². The highest BCUT2D eigenvalue weighted by Gasteiger charge is 2.31. The van der Waals surface area contributed by atoms with E-state index in [0.29, 0.717) is 40.3 Å². The predicted molar refractivity (Wildman–Crippen MR) is 143 cm³/mol. The van der Waals surface area contributed by atoms with Crippen LogP contribution in [-0.2, 0) is 12.8 Å². The van der Waals surface area contributed by atoms with E-state index in [0.717, 1.165) is 22.4 Å². The quantitative estimate of drug-likeness (QED) is 0.236. The molecule has 7 nitrogen and oxygen atoms in total. The van der Waals surface area contributed by atoms with Crippen molar-refractivity contribution in [1.29, 1.82) is 0 Å². The topological polar surface area (TPSA) is 74.9 Å². The van der Waals surface area contributed by atoms with Gasteiger partial charge in [0.2, 0.25) is 6.79 Å². The summed E-state index contributed by atoms with van der Waals surface area (Å²) in [5.74, 6) is 1.98. The molecule has 0 amide bonds. The van der Waals surface area contributed by atoms with Gasteiger partial charge in [-0.15, -0.1) is 0 Å². The van der Waals surface area contributed by atoms with Crippen molar-refractivity contribution in [2.45, 2.75) is 12.8 Å². The van der Waals surface area contributed by atoms with E-state index < -0.39 is 17.3 Å². The first-order valence-electron chi connectivity index (χ1n) is 12.2. The zero-order chi connectivity index (χ0) is 27.7. The SMILES string of the molecule is O=c1c2ccccc2nc(-c2cccc(C(F)(F)F)c2)n1N=Cc1ccc(OCc2ccc3c(c2)OCO3)cc1. The summed E-state index contributed by atoms with van der Waals surface area (Å²) in [7, 11) is 0. The van der Waals surface area contributed by atoms with E-state index in [1.165, 1.54) is 18.3 Å². The molecule has 1 aliphatic rings. The van der Waals surface area contributed by atoms with Crippen molar-refractivity contribution in [2.75, 3.05) is 6.79 Å². The molecule has 0 bridgehead atoms. The zero-order valence-electron chi connectivity index (χ0n) is 20.8. The average molecular weight is 544 g/mol. The van der Waals surface area contributed by atoms with Crippen LogP contribution in [0, 0.1) is 0 Å². The van der Waals surface area contributed by atoms with Crippen LogP contribution in [0.1, 0.15) is 16.7 Å². The lowest BCUT2D eigenvalue weighted by molar-refractivity contribution is -0.137. The molecule has 0 radical (unpaired) electrons. The van der Waals surface area contributed by atoms with Crippen LogP contribution in [0.2, 0.25) is 0 Å². The number of halogens is 3. The van der Waals surface area contributed by atoms with Crippen LogP contribution >= 0.6 is 0 Å². The third kappa shape index (κ3) is 5.11. The fraction of sp³-hybridized carbons (Fsp3) is 0.100. The van der Waals surface area contributed by atoms with Crippen molar-refractivity contribution in [3.63, 3.8) is 0 Å². The summed E-state index contributed by atoms with van der Waals surface area (Å²) in [5.41, 5.74) is 0.681. The maximum atomic E-state index is 13.4. The molecule has 0 unspecified atom stereocenters. The van der Waals surface area contributed by atoms with Gasteiger partial charge in [-0.05, 0) is 71.8 Å². The number of hydrogen-bond donors (Lipinski definition) is 0. The fourth-order valence-corrected chi connectivity index (χ4v) is 4.22. The number of rotatable bonds is 6. The van der Waals surface area contributed by atoms with Crippen LogP contribution in [0.15, 0.2) is 101 Å². The van der Waals surface area contributed by atoms with Crippen LogP contribution in [-0.4, -0.2) is 22.7 Å². The van der Waals surface area contributed by atoms with Gasteiger partial charge in [-0.3, -0.25) is 4.79 Å². The summed E-state index contributed by atoms with van der Waals surface area (Å²) >= 11 is 0. The molecule has 4 aromatic carbocycles. The number of ether oxygens (including phenoxy) is 3.